The predicted octanol–water partition coefficient (Wildman–Crippen LogP) is 2.75. The summed E-state index contributed by atoms with van der Waals surface area (Å²) in [5.41, 5.74) is 1.66. The lowest BCUT2D eigenvalue weighted by atomic mass is 10.1. The number of pyridine rings is 1. The highest BCUT2D eigenvalue weighted by Crippen LogP contribution is 2.34. The molecule has 1 aliphatic rings. The Morgan fingerprint density at radius 2 is 1.86 bits per heavy atom. The van der Waals surface area contributed by atoms with Crippen molar-refractivity contribution in [1.82, 2.24) is 9.29 Å². The number of hydrogen-bond donors (Lipinski definition) is 0. The Morgan fingerprint density at radius 1 is 1.10 bits per heavy atom. The zero-order chi connectivity index (χ0) is 14.7. The van der Waals surface area contributed by atoms with Gasteiger partial charge >= 0.3 is 0 Å². The number of aromatic nitrogens is 1. The van der Waals surface area contributed by atoms with E-state index in [9.17, 15) is 8.42 Å². The highest BCUT2D eigenvalue weighted by molar-refractivity contribution is 7.88. The third-order valence-electron chi connectivity index (χ3n) is 3.78. The van der Waals surface area contributed by atoms with Crippen LogP contribution in [0.4, 0.5) is 0 Å². The summed E-state index contributed by atoms with van der Waals surface area (Å²) in [4.78, 5) is 4.33. The molecule has 0 bridgehead atoms. The number of sulfonamides is 1. The monoisotopic (exact) mass is 302 g/mol. The van der Waals surface area contributed by atoms with Crippen molar-refractivity contribution in [3.63, 3.8) is 0 Å². The Labute approximate surface area is 125 Å². The van der Waals surface area contributed by atoms with Gasteiger partial charge in [-0.3, -0.25) is 4.98 Å². The summed E-state index contributed by atoms with van der Waals surface area (Å²) in [5.74, 6) is 0.0528. The van der Waals surface area contributed by atoms with Gasteiger partial charge in [-0.05, 0) is 30.5 Å². The van der Waals surface area contributed by atoms with Crippen molar-refractivity contribution in [2.45, 2.75) is 24.6 Å². The number of hydrogen-bond acceptors (Lipinski definition) is 3. The molecule has 4 nitrogen and oxygen atoms in total. The van der Waals surface area contributed by atoms with Gasteiger partial charge in [0.05, 0.1) is 17.5 Å². The molecule has 1 aliphatic heterocycles. The van der Waals surface area contributed by atoms with Gasteiger partial charge in [0.25, 0.3) is 0 Å². The van der Waals surface area contributed by atoms with Crippen molar-refractivity contribution < 1.29 is 8.42 Å². The Balaban J connectivity index is 1.84. The van der Waals surface area contributed by atoms with Crippen LogP contribution in [0, 0.1) is 0 Å². The largest absolute Gasteiger partial charge is 0.260 e. The van der Waals surface area contributed by atoms with Gasteiger partial charge in [0.2, 0.25) is 10.0 Å². The third-order valence-corrected chi connectivity index (χ3v) is 5.63. The number of rotatable bonds is 4. The first-order valence-electron chi connectivity index (χ1n) is 7.11. The SMILES string of the molecule is O=S(=O)(Cc1ccccc1)N1CCC[C@H]1c1ccccn1. The molecule has 1 aromatic heterocycles. The Bertz CT molecular complexity index is 687. The summed E-state index contributed by atoms with van der Waals surface area (Å²) >= 11 is 0. The van der Waals surface area contributed by atoms with Gasteiger partial charge in [-0.2, -0.15) is 4.31 Å². The second-order valence-electron chi connectivity index (χ2n) is 5.27. The predicted molar refractivity (Wildman–Crippen MR) is 82.0 cm³/mol. The lowest BCUT2D eigenvalue weighted by molar-refractivity contribution is 0.390. The van der Waals surface area contributed by atoms with Gasteiger partial charge in [0, 0.05) is 12.7 Å². The molecule has 2 aromatic rings. The summed E-state index contributed by atoms with van der Waals surface area (Å²) in [6.07, 6.45) is 3.44. The molecule has 0 saturated carbocycles. The molecule has 0 amide bonds. The van der Waals surface area contributed by atoms with E-state index in [2.05, 4.69) is 4.98 Å². The fourth-order valence-corrected chi connectivity index (χ4v) is 4.60. The molecule has 21 heavy (non-hydrogen) atoms. The lowest BCUT2D eigenvalue weighted by Gasteiger charge is -2.23. The molecule has 0 unspecified atom stereocenters. The Kier molecular flexibility index (Phi) is 4.03. The van der Waals surface area contributed by atoms with Crippen LogP contribution in [0.5, 0.6) is 0 Å². The molecule has 1 aromatic carbocycles. The average Bonchev–Trinajstić information content (AvgIpc) is 2.99. The van der Waals surface area contributed by atoms with Gasteiger partial charge in [-0.1, -0.05) is 36.4 Å². The highest BCUT2D eigenvalue weighted by Gasteiger charge is 2.35. The van der Waals surface area contributed by atoms with E-state index in [1.165, 1.54) is 0 Å². The lowest BCUT2D eigenvalue weighted by Crippen LogP contribution is -2.32. The normalized spacial score (nSPS) is 19.7. The third kappa shape index (κ3) is 3.14. The molecule has 1 fully saturated rings. The summed E-state index contributed by atoms with van der Waals surface area (Å²) in [6, 6.07) is 14.9. The minimum atomic E-state index is -3.32. The highest BCUT2D eigenvalue weighted by atomic mass is 32.2. The molecule has 110 valence electrons. The van der Waals surface area contributed by atoms with Crippen molar-refractivity contribution >= 4 is 10.0 Å². The fraction of sp³-hybridized carbons (Fsp3) is 0.312. The smallest absolute Gasteiger partial charge is 0.218 e. The summed E-state index contributed by atoms with van der Waals surface area (Å²) in [6.45, 7) is 0.580. The van der Waals surface area contributed by atoms with Crippen LogP contribution in [0.25, 0.3) is 0 Å². The minimum absolute atomic E-state index is 0.0528. The van der Waals surface area contributed by atoms with E-state index in [4.69, 9.17) is 0 Å². The second-order valence-corrected chi connectivity index (χ2v) is 7.19. The van der Waals surface area contributed by atoms with E-state index in [1.54, 1.807) is 10.5 Å². The van der Waals surface area contributed by atoms with Crippen LogP contribution in [0.2, 0.25) is 0 Å². The molecular weight excluding hydrogens is 284 g/mol. The number of benzene rings is 1. The van der Waals surface area contributed by atoms with Crippen molar-refractivity contribution in [1.29, 1.82) is 0 Å². The zero-order valence-electron chi connectivity index (χ0n) is 11.7. The zero-order valence-corrected chi connectivity index (χ0v) is 12.5. The Morgan fingerprint density at radius 3 is 2.57 bits per heavy atom. The molecule has 1 atom stereocenters. The van der Waals surface area contributed by atoms with Crippen molar-refractivity contribution in [3.8, 4) is 0 Å². The summed E-state index contributed by atoms with van der Waals surface area (Å²) in [7, 11) is -3.32. The van der Waals surface area contributed by atoms with E-state index in [0.717, 1.165) is 24.1 Å². The van der Waals surface area contributed by atoms with Crippen LogP contribution < -0.4 is 0 Å². The first kappa shape index (κ1) is 14.2. The van der Waals surface area contributed by atoms with Crippen molar-refractivity contribution in [3.05, 3.63) is 66.0 Å². The molecule has 0 radical (unpaired) electrons. The van der Waals surface area contributed by atoms with Crippen LogP contribution in [0.15, 0.2) is 54.7 Å². The standard InChI is InChI=1S/C16H18N2O2S/c19-21(20,13-14-7-2-1-3-8-14)18-12-6-10-16(18)15-9-4-5-11-17-15/h1-5,7-9,11,16H,6,10,12-13H2/t16-/m0/s1. The van der Waals surface area contributed by atoms with Crippen molar-refractivity contribution in [2.24, 2.45) is 0 Å². The van der Waals surface area contributed by atoms with Gasteiger partial charge in [0.1, 0.15) is 0 Å². The first-order chi connectivity index (χ1) is 10.2. The quantitative estimate of drug-likeness (QED) is 0.872. The second kappa shape index (κ2) is 5.95. The topological polar surface area (TPSA) is 50.3 Å². The fourth-order valence-electron chi connectivity index (χ4n) is 2.81. The van der Waals surface area contributed by atoms with Crippen LogP contribution in [0.1, 0.15) is 30.1 Å². The first-order valence-corrected chi connectivity index (χ1v) is 8.72. The van der Waals surface area contributed by atoms with E-state index in [1.807, 2.05) is 48.5 Å². The molecule has 3 rings (SSSR count). The average molecular weight is 302 g/mol. The maximum atomic E-state index is 12.7. The van der Waals surface area contributed by atoms with E-state index in [-0.39, 0.29) is 11.8 Å². The molecule has 1 saturated heterocycles. The van der Waals surface area contributed by atoms with E-state index >= 15 is 0 Å². The Hall–Kier alpha value is -1.72. The van der Waals surface area contributed by atoms with E-state index < -0.39 is 10.0 Å². The molecular formula is C16H18N2O2S. The molecule has 5 heteroatoms. The van der Waals surface area contributed by atoms with Gasteiger partial charge in [-0.15, -0.1) is 0 Å². The molecule has 0 aliphatic carbocycles. The maximum absolute atomic E-state index is 12.7. The summed E-state index contributed by atoms with van der Waals surface area (Å²) in [5, 5.41) is 0. The van der Waals surface area contributed by atoms with Gasteiger partial charge < -0.3 is 0 Å². The van der Waals surface area contributed by atoms with Gasteiger partial charge in [0.15, 0.2) is 0 Å². The summed E-state index contributed by atoms with van der Waals surface area (Å²) < 4.78 is 27.0. The van der Waals surface area contributed by atoms with Crippen LogP contribution >= 0.6 is 0 Å². The van der Waals surface area contributed by atoms with Crippen LogP contribution in [0.3, 0.4) is 0 Å². The van der Waals surface area contributed by atoms with Crippen LogP contribution in [-0.4, -0.2) is 24.3 Å². The van der Waals surface area contributed by atoms with E-state index in [0.29, 0.717) is 6.54 Å². The molecule has 2 heterocycles. The molecule has 0 spiro atoms. The van der Waals surface area contributed by atoms with Crippen molar-refractivity contribution in [2.75, 3.05) is 6.54 Å². The van der Waals surface area contributed by atoms with Gasteiger partial charge in [-0.25, -0.2) is 8.42 Å². The molecule has 0 N–H and O–H groups in total. The minimum Gasteiger partial charge on any atom is -0.260 e. The van der Waals surface area contributed by atoms with Crippen LogP contribution in [-0.2, 0) is 15.8 Å². The number of nitrogens with zero attached hydrogens (tertiary/aromatic N) is 2. The maximum Gasteiger partial charge on any atom is 0.218 e.